The minimum absolute atomic E-state index is 0.122. The highest BCUT2D eigenvalue weighted by Crippen LogP contribution is 2.57. The van der Waals surface area contributed by atoms with Gasteiger partial charge in [0.05, 0.1) is 11.0 Å². The summed E-state index contributed by atoms with van der Waals surface area (Å²) in [5, 5.41) is 9.68. The molecule has 46 heavy (non-hydrogen) atoms. The molecule has 9 rings (SSSR count). The number of hydrogen-bond donors (Lipinski definition) is 0. The Morgan fingerprint density at radius 2 is 0.717 bits per heavy atom. The summed E-state index contributed by atoms with van der Waals surface area (Å²) < 4.78 is 24.0. The van der Waals surface area contributed by atoms with Crippen molar-refractivity contribution in [1.82, 2.24) is 4.57 Å². The van der Waals surface area contributed by atoms with E-state index in [0.717, 1.165) is 40.0 Å². The molecule has 0 saturated carbocycles. The fourth-order valence-electron chi connectivity index (χ4n) is 8.57. The van der Waals surface area contributed by atoms with Crippen LogP contribution in [-0.2, 0) is 28.2 Å². The van der Waals surface area contributed by atoms with Gasteiger partial charge in [0.25, 0.3) is 0 Å². The van der Waals surface area contributed by atoms with Crippen LogP contribution in [0.4, 0.5) is 0 Å². The molecule has 4 heterocycles. The van der Waals surface area contributed by atoms with Crippen LogP contribution in [-0.4, -0.2) is 4.57 Å². The molecule has 0 bridgehead atoms. The molecule has 0 spiro atoms. The van der Waals surface area contributed by atoms with E-state index in [1.165, 1.54) is 76.4 Å². The quantitative estimate of drug-likeness (QED) is 0.185. The monoisotopic (exact) mass is 611 g/mol. The number of furan rings is 3. The van der Waals surface area contributed by atoms with Gasteiger partial charge < -0.3 is 17.8 Å². The fraction of sp³-hybridized carbons (Fsp3) is 0.429. The molecule has 0 aliphatic rings. The number of rotatable bonds is 1. The first-order valence-electron chi connectivity index (χ1n) is 17.0. The Kier molecular flexibility index (Phi) is 4.90. The lowest BCUT2D eigenvalue weighted by atomic mass is 9.80. The third-order valence-electron chi connectivity index (χ3n) is 10.8. The molecule has 0 unspecified atom stereocenters. The lowest BCUT2D eigenvalue weighted by Gasteiger charge is -2.20. The summed E-state index contributed by atoms with van der Waals surface area (Å²) in [6.07, 6.45) is 0. The van der Waals surface area contributed by atoms with E-state index in [9.17, 15) is 0 Å². The van der Waals surface area contributed by atoms with E-state index in [1.54, 1.807) is 0 Å². The molecule has 4 nitrogen and oxygen atoms in total. The largest absolute Gasteiger partial charge is 0.456 e. The predicted molar refractivity (Wildman–Crippen MR) is 195 cm³/mol. The van der Waals surface area contributed by atoms with E-state index in [1.807, 2.05) is 0 Å². The van der Waals surface area contributed by atoms with Gasteiger partial charge in [0, 0.05) is 71.9 Å². The molecule has 0 aliphatic carbocycles. The number of aromatic nitrogens is 1. The van der Waals surface area contributed by atoms with Crippen LogP contribution in [0.5, 0.6) is 0 Å². The first-order valence-corrected chi connectivity index (χ1v) is 17.0. The molecule has 4 aromatic heterocycles. The Balaban J connectivity index is 1.77. The van der Waals surface area contributed by atoms with Crippen LogP contribution in [0.2, 0.25) is 0 Å². The SMILES string of the molecule is CCn1c2cc(C(C)(C)C)c3oc4cc(C(C)(C)C)c5oc6c(C(C)(C)C)cc7oc8c(C(C)(C)C)cc1c1c8c7c6c5c4c3c12. The Bertz CT molecular complexity index is 2500. The molecule has 9 aromatic rings. The minimum atomic E-state index is -0.158. The first-order chi connectivity index (χ1) is 21.3. The second-order valence-electron chi connectivity index (χ2n) is 18.1. The van der Waals surface area contributed by atoms with Gasteiger partial charge in [-0.1, -0.05) is 83.1 Å². The van der Waals surface area contributed by atoms with E-state index < -0.39 is 0 Å². The molecular weight excluding hydrogens is 566 g/mol. The second-order valence-corrected chi connectivity index (χ2v) is 18.1. The Hall–Kier alpha value is -3.92. The predicted octanol–water partition coefficient (Wildman–Crippen LogP) is 13.0. The number of benzene rings is 4. The van der Waals surface area contributed by atoms with Gasteiger partial charge in [-0.2, -0.15) is 0 Å². The molecule has 0 radical (unpaired) electrons. The summed E-state index contributed by atoms with van der Waals surface area (Å²) in [4.78, 5) is 0. The van der Waals surface area contributed by atoms with Crippen molar-refractivity contribution in [3.05, 3.63) is 46.5 Å². The van der Waals surface area contributed by atoms with Gasteiger partial charge in [-0.25, -0.2) is 0 Å². The summed E-state index contributed by atoms with van der Waals surface area (Å²) in [5.41, 5.74) is 12.6. The number of aryl methyl sites for hydroxylation is 1. The summed E-state index contributed by atoms with van der Waals surface area (Å²) in [6.45, 7) is 30.6. The first kappa shape index (κ1) is 28.3. The van der Waals surface area contributed by atoms with Crippen molar-refractivity contribution in [2.75, 3.05) is 0 Å². The van der Waals surface area contributed by atoms with Gasteiger partial charge in [-0.05, 0) is 52.8 Å². The standard InChI is InChI=1S/C42H45NO3/c1-14-43-23-15-19(39(2,3)4)35-31-27(23)28-24(43)16-20(40(5,6)7)36-32(28)30-26(45-36)18-22(42(11,12)13)38-34(30)33-29(31)25(44-35)17-21(37(33)46-38)41(8,9)10/h15-18H,14H2,1-13H3. The molecule has 0 atom stereocenters. The number of nitrogens with zero attached hydrogens (tertiary/aromatic N) is 1. The average molecular weight is 612 g/mol. The van der Waals surface area contributed by atoms with Crippen LogP contribution in [0.15, 0.2) is 37.5 Å². The van der Waals surface area contributed by atoms with Crippen LogP contribution in [0, 0.1) is 0 Å². The molecule has 236 valence electrons. The molecule has 0 N–H and O–H groups in total. The lowest BCUT2D eigenvalue weighted by molar-refractivity contribution is 0.553. The summed E-state index contributed by atoms with van der Waals surface area (Å²) in [5.74, 6) is 0. The molecule has 5 aromatic carbocycles. The Morgan fingerprint density at radius 3 is 1.04 bits per heavy atom. The van der Waals surface area contributed by atoms with Crippen molar-refractivity contribution in [2.24, 2.45) is 0 Å². The summed E-state index contributed by atoms with van der Waals surface area (Å²) >= 11 is 0. The van der Waals surface area contributed by atoms with Gasteiger partial charge in [0.2, 0.25) is 0 Å². The number of hydrogen-bond acceptors (Lipinski definition) is 3. The molecular formula is C42H45NO3. The molecule has 0 aliphatic heterocycles. The topological polar surface area (TPSA) is 44.4 Å². The van der Waals surface area contributed by atoms with Gasteiger partial charge in [0.1, 0.15) is 33.5 Å². The maximum absolute atomic E-state index is 7.23. The van der Waals surface area contributed by atoms with Gasteiger partial charge >= 0.3 is 0 Å². The Morgan fingerprint density at radius 1 is 0.413 bits per heavy atom. The highest BCUT2D eigenvalue weighted by Gasteiger charge is 2.37. The van der Waals surface area contributed by atoms with Crippen LogP contribution in [0.25, 0.3) is 87.6 Å². The van der Waals surface area contributed by atoms with Gasteiger partial charge in [-0.3, -0.25) is 0 Å². The van der Waals surface area contributed by atoms with Crippen LogP contribution >= 0.6 is 0 Å². The third kappa shape index (κ3) is 3.21. The summed E-state index contributed by atoms with van der Waals surface area (Å²) in [7, 11) is 0. The smallest absolute Gasteiger partial charge is 0.140 e. The van der Waals surface area contributed by atoms with E-state index >= 15 is 0 Å². The highest BCUT2D eigenvalue weighted by molar-refractivity contribution is 6.45. The third-order valence-corrected chi connectivity index (χ3v) is 10.8. The van der Waals surface area contributed by atoms with Crippen molar-refractivity contribution in [1.29, 1.82) is 0 Å². The zero-order valence-corrected chi connectivity index (χ0v) is 29.7. The minimum Gasteiger partial charge on any atom is -0.456 e. The van der Waals surface area contributed by atoms with Crippen LogP contribution in [0.3, 0.4) is 0 Å². The van der Waals surface area contributed by atoms with Gasteiger partial charge in [-0.15, -0.1) is 0 Å². The highest BCUT2D eigenvalue weighted by atomic mass is 16.3. The molecule has 4 heteroatoms. The molecule has 0 fully saturated rings. The van der Waals surface area contributed by atoms with Crippen molar-refractivity contribution in [3.8, 4) is 0 Å². The normalized spacial score (nSPS) is 14.7. The van der Waals surface area contributed by atoms with Crippen LogP contribution in [0.1, 0.15) is 112 Å². The Labute approximate surface area is 269 Å². The molecule has 0 amide bonds. The van der Waals surface area contributed by atoms with E-state index in [2.05, 4.69) is 119 Å². The van der Waals surface area contributed by atoms with Crippen LogP contribution < -0.4 is 0 Å². The zero-order chi connectivity index (χ0) is 32.8. The van der Waals surface area contributed by atoms with E-state index in [4.69, 9.17) is 13.3 Å². The summed E-state index contributed by atoms with van der Waals surface area (Å²) in [6, 6.07) is 9.38. The van der Waals surface area contributed by atoms with Crippen molar-refractivity contribution in [3.63, 3.8) is 0 Å². The van der Waals surface area contributed by atoms with Crippen molar-refractivity contribution in [2.45, 2.75) is 118 Å². The van der Waals surface area contributed by atoms with Gasteiger partial charge in [0.15, 0.2) is 0 Å². The van der Waals surface area contributed by atoms with Crippen molar-refractivity contribution < 1.29 is 13.3 Å². The van der Waals surface area contributed by atoms with E-state index in [-0.39, 0.29) is 21.7 Å². The molecule has 0 saturated heterocycles. The average Bonchev–Trinajstić information content (AvgIpc) is 3.64. The maximum Gasteiger partial charge on any atom is 0.140 e. The van der Waals surface area contributed by atoms with E-state index in [0.29, 0.717) is 0 Å². The second kappa shape index (κ2) is 7.95. The maximum atomic E-state index is 7.23. The van der Waals surface area contributed by atoms with Crippen molar-refractivity contribution >= 4 is 87.6 Å². The lowest BCUT2D eigenvalue weighted by Crippen LogP contribution is -2.12. The zero-order valence-electron chi connectivity index (χ0n) is 29.7. The fourth-order valence-corrected chi connectivity index (χ4v) is 8.57.